The van der Waals surface area contributed by atoms with Gasteiger partial charge in [0.15, 0.2) is 5.96 Å². The minimum absolute atomic E-state index is 0.0794. The first kappa shape index (κ1) is 35.3. The second-order valence-electron chi connectivity index (χ2n) is 9.84. The van der Waals surface area contributed by atoms with E-state index in [0.29, 0.717) is 45.2 Å². The number of nitrogens with two attached hydrogens (primary N) is 5. The van der Waals surface area contributed by atoms with Crippen molar-refractivity contribution in [2.24, 2.45) is 33.7 Å². The quantitative estimate of drug-likeness (QED) is 0.0459. The van der Waals surface area contributed by atoms with Gasteiger partial charge in [-0.1, -0.05) is 36.8 Å². The van der Waals surface area contributed by atoms with Gasteiger partial charge in [0.25, 0.3) is 0 Å². The van der Waals surface area contributed by atoms with Gasteiger partial charge in [-0.25, -0.2) is 4.79 Å². The maximum atomic E-state index is 13.5. The van der Waals surface area contributed by atoms with E-state index in [-0.39, 0.29) is 31.8 Å². The molecule has 0 heterocycles. The molecular formula is C27H47N9O5. The Morgan fingerprint density at radius 2 is 1.27 bits per heavy atom. The molecule has 0 aliphatic rings. The smallest absolute Gasteiger partial charge is 0.326 e. The molecule has 1 aromatic carbocycles. The summed E-state index contributed by atoms with van der Waals surface area (Å²) < 4.78 is 0. The average Bonchev–Trinajstić information content (AvgIpc) is 2.93. The van der Waals surface area contributed by atoms with E-state index in [0.717, 1.165) is 12.0 Å². The van der Waals surface area contributed by atoms with Gasteiger partial charge >= 0.3 is 5.97 Å². The van der Waals surface area contributed by atoms with Crippen LogP contribution in [0.25, 0.3) is 0 Å². The van der Waals surface area contributed by atoms with Crippen LogP contribution in [0.2, 0.25) is 0 Å². The first-order valence-electron chi connectivity index (χ1n) is 14.0. The number of carboxylic acids is 1. The third-order valence-electron chi connectivity index (χ3n) is 6.36. The molecular weight excluding hydrogens is 530 g/mol. The number of unbranched alkanes of at least 4 members (excludes halogenated alkanes) is 2. The van der Waals surface area contributed by atoms with Crippen molar-refractivity contribution in [3.8, 4) is 0 Å². The Labute approximate surface area is 241 Å². The maximum Gasteiger partial charge on any atom is 0.326 e. The monoisotopic (exact) mass is 577 g/mol. The van der Waals surface area contributed by atoms with Gasteiger partial charge in [-0.2, -0.15) is 0 Å². The number of aliphatic carboxylic acids is 1. The summed E-state index contributed by atoms with van der Waals surface area (Å²) in [7, 11) is 0. The number of carbonyl (C=O) groups excluding carboxylic acids is 3. The zero-order chi connectivity index (χ0) is 30.6. The summed E-state index contributed by atoms with van der Waals surface area (Å²) in [6.07, 6.45) is 3.69. The van der Waals surface area contributed by atoms with Crippen molar-refractivity contribution >= 4 is 29.7 Å². The van der Waals surface area contributed by atoms with Crippen LogP contribution >= 0.6 is 0 Å². The number of carboxylic acid groups (broad SMARTS) is 1. The lowest BCUT2D eigenvalue weighted by Gasteiger charge is -2.25. The summed E-state index contributed by atoms with van der Waals surface area (Å²) in [4.78, 5) is 55.1. The van der Waals surface area contributed by atoms with Crippen LogP contribution in [0.3, 0.4) is 0 Å². The van der Waals surface area contributed by atoms with Crippen molar-refractivity contribution in [3.63, 3.8) is 0 Å². The number of hydrogen-bond donors (Lipinski definition) is 9. The normalized spacial score (nSPS) is 13.7. The number of amides is 3. The minimum Gasteiger partial charge on any atom is -0.480 e. The van der Waals surface area contributed by atoms with E-state index in [1.54, 1.807) is 0 Å². The molecule has 14 N–H and O–H groups in total. The highest BCUT2D eigenvalue weighted by Gasteiger charge is 2.30. The molecule has 0 radical (unpaired) electrons. The summed E-state index contributed by atoms with van der Waals surface area (Å²) in [5.74, 6) is -3.09. The first-order chi connectivity index (χ1) is 19.6. The van der Waals surface area contributed by atoms with Gasteiger partial charge in [0.05, 0.1) is 6.04 Å². The molecule has 0 bridgehead atoms. The zero-order valence-electron chi connectivity index (χ0n) is 23.6. The number of nitrogens with zero attached hydrogens (tertiary/aromatic N) is 1. The second kappa shape index (κ2) is 20.2. The van der Waals surface area contributed by atoms with Crippen molar-refractivity contribution < 1.29 is 24.3 Å². The van der Waals surface area contributed by atoms with Gasteiger partial charge < -0.3 is 49.7 Å². The lowest BCUT2D eigenvalue weighted by molar-refractivity contribution is -0.142. The van der Waals surface area contributed by atoms with E-state index in [4.69, 9.17) is 28.7 Å². The van der Waals surface area contributed by atoms with E-state index >= 15 is 0 Å². The Bertz CT molecular complexity index is 973. The number of rotatable bonds is 21. The van der Waals surface area contributed by atoms with Crippen molar-refractivity contribution in [1.82, 2.24) is 16.0 Å². The number of benzene rings is 1. The van der Waals surface area contributed by atoms with Gasteiger partial charge in [-0.3, -0.25) is 19.4 Å². The molecule has 41 heavy (non-hydrogen) atoms. The van der Waals surface area contributed by atoms with Crippen molar-refractivity contribution in [3.05, 3.63) is 35.9 Å². The molecule has 14 nitrogen and oxygen atoms in total. The largest absolute Gasteiger partial charge is 0.480 e. The number of nitrogens with one attached hydrogen (secondary N) is 3. The standard InChI is InChI=1S/C27H47N9O5/c28-14-6-4-11-19(30)23(37)36-22(17-18-9-2-1-3-10-18)25(39)34-20(12-5-7-15-29)24(38)35-21(26(40)41)13-8-16-33-27(31)32/h1-3,9-10,19-22H,4-8,11-17,28-30H2,(H,34,39)(H,35,38)(H,36,37)(H,40,41)(H4,31,32,33). The highest BCUT2D eigenvalue weighted by molar-refractivity contribution is 5.94. The lowest BCUT2D eigenvalue weighted by atomic mass is 10.0. The van der Waals surface area contributed by atoms with Crippen molar-refractivity contribution in [2.45, 2.75) is 82.0 Å². The zero-order valence-corrected chi connectivity index (χ0v) is 23.6. The summed E-state index contributed by atoms with van der Waals surface area (Å²) in [6.45, 7) is 1.08. The molecule has 0 spiro atoms. The third kappa shape index (κ3) is 15.0. The van der Waals surface area contributed by atoms with E-state index in [1.165, 1.54) is 0 Å². The van der Waals surface area contributed by atoms with Crippen molar-refractivity contribution in [1.29, 1.82) is 0 Å². The molecule has 4 atom stereocenters. The average molecular weight is 578 g/mol. The molecule has 1 aromatic rings. The topological polar surface area (TPSA) is 267 Å². The predicted octanol–water partition coefficient (Wildman–Crippen LogP) is -1.59. The van der Waals surface area contributed by atoms with Crippen LogP contribution in [0.15, 0.2) is 35.3 Å². The lowest BCUT2D eigenvalue weighted by Crippen LogP contribution is -2.57. The van der Waals surface area contributed by atoms with Crippen LogP contribution in [0.1, 0.15) is 56.9 Å². The molecule has 0 saturated heterocycles. The van der Waals surface area contributed by atoms with Crippen LogP contribution in [-0.4, -0.2) is 78.6 Å². The first-order valence-corrected chi connectivity index (χ1v) is 14.0. The van der Waals surface area contributed by atoms with Gasteiger partial charge in [-0.05, 0) is 63.6 Å². The third-order valence-corrected chi connectivity index (χ3v) is 6.36. The Morgan fingerprint density at radius 3 is 1.85 bits per heavy atom. The Kier molecular flexibility index (Phi) is 17.4. The second-order valence-corrected chi connectivity index (χ2v) is 9.84. The van der Waals surface area contributed by atoms with Crippen molar-refractivity contribution in [2.75, 3.05) is 19.6 Å². The van der Waals surface area contributed by atoms with E-state index in [9.17, 15) is 24.3 Å². The molecule has 0 fully saturated rings. The predicted molar refractivity (Wildman–Crippen MR) is 157 cm³/mol. The Morgan fingerprint density at radius 1 is 0.732 bits per heavy atom. The van der Waals surface area contributed by atoms with Crippen LogP contribution in [-0.2, 0) is 25.6 Å². The van der Waals surface area contributed by atoms with Crippen LogP contribution in [0.4, 0.5) is 0 Å². The molecule has 0 aromatic heterocycles. The number of aliphatic imine (C=N–C) groups is 1. The number of guanidine groups is 1. The van der Waals surface area contributed by atoms with E-state index in [2.05, 4.69) is 20.9 Å². The fourth-order valence-electron chi connectivity index (χ4n) is 4.04. The van der Waals surface area contributed by atoms with Crippen LogP contribution < -0.4 is 44.6 Å². The Hall–Kier alpha value is -3.75. The fraction of sp³-hybridized carbons (Fsp3) is 0.593. The summed E-state index contributed by atoms with van der Waals surface area (Å²) in [5, 5.41) is 17.5. The molecule has 14 heteroatoms. The molecule has 0 aliphatic heterocycles. The SMILES string of the molecule is NCCCCC(N)C(=O)NC(Cc1ccccc1)C(=O)NC(CCCCN)C(=O)NC(CCCN=C(N)N)C(=O)O. The van der Waals surface area contributed by atoms with Gasteiger partial charge in [0, 0.05) is 13.0 Å². The van der Waals surface area contributed by atoms with Crippen LogP contribution in [0.5, 0.6) is 0 Å². The summed E-state index contributed by atoms with van der Waals surface area (Å²) in [5.41, 5.74) is 28.5. The van der Waals surface area contributed by atoms with Gasteiger partial charge in [0.1, 0.15) is 18.1 Å². The molecule has 1 rings (SSSR count). The molecule has 0 aliphatic carbocycles. The highest BCUT2D eigenvalue weighted by atomic mass is 16.4. The Balaban J connectivity index is 3.04. The highest BCUT2D eigenvalue weighted by Crippen LogP contribution is 2.08. The minimum atomic E-state index is -1.23. The fourth-order valence-corrected chi connectivity index (χ4v) is 4.04. The summed E-state index contributed by atoms with van der Waals surface area (Å²) >= 11 is 0. The van der Waals surface area contributed by atoms with E-state index in [1.807, 2.05) is 30.3 Å². The molecule has 230 valence electrons. The van der Waals surface area contributed by atoms with Gasteiger partial charge in [-0.15, -0.1) is 0 Å². The molecule has 0 saturated carbocycles. The summed E-state index contributed by atoms with van der Waals surface area (Å²) in [6, 6.07) is 4.98. The van der Waals surface area contributed by atoms with E-state index < -0.39 is 47.9 Å². The maximum absolute atomic E-state index is 13.5. The molecule has 3 amide bonds. The number of carbonyl (C=O) groups is 4. The van der Waals surface area contributed by atoms with Crippen LogP contribution in [0, 0.1) is 0 Å². The van der Waals surface area contributed by atoms with Gasteiger partial charge in [0.2, 0.25) is 17.7 Å². The number of hydrogen-bond acceptors (Lipinski definition) is 8. The molecule has 4 unspecified atom stereocenters.